The number of aliphatic hydroxyl groups is 1. The van der Waals surface area contributed by atoms with Gasteiger partial charge in [-0.2, -0.15) is 0 Å². The van der Waals surface area contributed by atoms with Crippen molar-refractivity contribution in [1.82, 2.24) is 0 Å². The largest absolute Gasteiger partial charge is 0.486 e. The maximum Gasteiger partial charge on any atom is 0.167 e. The first kappa shape index (κ1) is 14.4. The van der Waals surface area contributed by atoms with Crippen molar-refractivity contribution in [3.8, 4) is 11.5 Å². The van der Waals surface area contributed by atoms with Crippen molar-refractivity contribution in [2.24, 2.45) is 0 Å². The molecule has 1 N–H and O–H groups in total. The monoisotopic (exact) mass is 352 g/mol. The van der Waals surface area contributed by atoms with Crippen LogP contribution in [0, 0.1) is 5.82 Å². The maximum atomic E-state index is 13.1. The highest BCUT2D eigenvalue weighted by atomic mass is 79.9. The summed E-state index contributed by atoms with van der Waals surface area (Å²) in [5, 5.41) is 10.5. The van der Waals surface area contributed by atoms with Crippen LogP contribution < -0.4 is 9.47 Å². The molecule has 1 unspecified atom stereocenters. The smallest absolute Gasteiger partial charge is 0.167 e. The zero-order valence-electron chi connectivity index (χ0n) is 11.2. The third-order valence-corrected chi connectivity index (χ3v) is 4.12. The fraction of sp³-hybridized carbons (Fsp3) is 0.250. The van der Waals surface area contributed by atoms with Crippen molar-refractivity contribution >= 4 is 15.9 Å². The van der Waals surface area contributed by atoms with Gasteiger partial charge in [-0.25, -0.2) is 4.39 Å². The van der Waals surface area contributed by atoms with Crippen molar-refractivity contribution < 1.29 is 19.0 Å². The van der Waals surface area contributed by atoms with Crippen LogP contribution in [0.25, 0.3) is 0 Å². The van der Waals surface area contributed by atoms with Crippen molar-refractivity contribution in [3.05, 3.63) is 57.8 Å². The van der Waals surface area contributed by atoms with Gasteiger partial charge in [0.15, 0.2) is 11.5 Å². The lowest BCUT2D eigenvalue weighted by atomic mass is 10.00. The molecule has 21 heavy (non-hydrogen) atoms. The molecule has 5 heteroatoms. The highest BCUT2D eigenvalue weighted by molar-refractivity contribution is 9.10. The highest BCUT2D eigenvalue weighted by Crippen LogP contribution is 2.38. The van der Waals surface area contributed by atoms with Gasteiger partial charge in [0.05, 0.1) is 6.10 Å². The van der Waals surface area contributed by atoms with Crippen molar-refractivity contribution in [1.29, 1.82) is 0 Å². The Morgan fingerprint density at radius 3 is 2.81 bits per heavy atom. The fourth-order valence-electron chi connectivity index (χ4n) is 2.36. The van der Waals surface area contributed by atoms with Crippen LogP contribution >= 0.6 is 15.9 Å². The van der Waals surface area contributed by atoms with E-state index < -0.39 is 6.10 Å². The molecule has 110 valence electrons. The van der Waals surface area contributed by atoms with E-state index in [1.54, 1.807) is 6.07 Å². The number of aliphatic hydroxyl groups excluding tert-OH is 1. The summed E-state index contributed by atoms with van der Waals surface area (Å²) in [5.74, 6) is 0.930. The number of hydrogen-bond acceptors (Lipinski definition) is 3. The van der Waals surface area contributed by atoms with Crippen LogP contribution in [0.15, 0.2) is 40.9 Å². The molecule has 1 heterocycles. The lowest BCUT2D eigenvalue weighted by Gasteiger charge is -2.23. The van der Waals surface area contributed by atoms with E-state index in [1.807, 2.05) is 18.2 Å². The molecule has 0 saturated carbocycles. The summed E-state index contributed by atoms with van der Waals surface area (Å²) in [6.45, 7) is 0.979. The molecule has 3 rings (SSSR count). The van der Waals surface area contributed by atoms with E-state index in [1.165, 1.54) is 12.1 Å². The molecule has 0 spiro atoms. The summed E-state index contributed by atoms with van der Waals surface area (Å²) >= 11 is 3.32. The highest BCUT2D eigenvalue weighted by Gasteiger charge is 2.21. The molecule has 3 nitrogen and oxygen atoms in total. The lowest BCUT2D eigenvalue weighted by Crippen LogP contribution is -2.17. The van der Waals surface area contributed by atoms with Crippen LogP contribution in [0.2, 0.25) is 0 Å². The number of ether oxygens (including phenoxy) is 2. The van der Waals surface area contributed by atoms with E-state index in [9.17, 15) is 9.50 Å². The quantitative estimate of drug-likeness (QED) is 0.916. The second-order valence-electron chi connectivity index (χ2n) is 4.83. The predicted octanol–water partition coefficient (Wildman–Crippen LogP) is 3.64. The van der Waals surface area contributed by atoms with E-state index in [0.29, 0.717) is 41.2 Å². The first-order chi connectivity index (χ1) is 10.1. The maximum absolute atomic E-state index is 13.1. The first-order valence-corrected chi connectivity index (χ1v) is 7.45. The Balaban J connectivity index is 1.87. The third-order valence-electron chi connectivity index (χ3n) is 3.38. The van der Waals surface area contributed by atoms with Crippen LogP contribution in [0.5, 0.6) is 11.5 Å². The molecule has 0 amide bonds. The van der Waals surface area contributed by atoms with E-state index in [2.05, 4.69) is 15.9 Å². The van der Waals surface area contributed by atoms with E-state index in [4.69, 9.17) is 9.47 Å². The van der Waals surface area contributed by atoms with Crippen LogP contribution in [-0.4, -0.2) is 18.3 Å². The number of hydrogen-bond donors (Lipinski definition) is 1. The van der Waals surface area contributed by atoms with E-state index in [-0.39, 0.29) is 5.82 Å². The second-order valence-corrected chi connectivity index (χ2v) is 5.68. The molecule has 1 aliphatic rings. The molecule has 2 aromatic rings. The molecule has 0 saturated heterocycles. The molecule has 0 aromatic heterocycles. The summed E-state index contributed by atoms with van der Waals surface area (Å²) < 4.78 is 24.9. The van der Waals surface area contributed by atoms with Crippen LogP contribution in [0.1, 0.15) is 17.2 Å². The summed E-state index contributed by atoms with van der Waals surface area (Å²) in [7, 11) is 0. The number of fused-ring (bicyclic) bond motifs is 1. The third kappa shape index (κ3) is 3.04. The SMILES string of the molecule is OC(Cc1ccc(F)cc1Br)c1cccc2c1OCCO2. The molecule has 0 bridgehead atoms. The van der Waals surface area contributed by atoms with Crippen molar-refractivity contribution in [3.63, 3.8) is 0 Å². The van der Waals surface area contributed by atoms with E-state index >= 15 is 0 Å². The van der Waals surface area contributed by atoms with E-state index in [0.717, 1.165) is 5.56 Å². The topological polar surface area (TPSA) is 38.7 Å². The normalized spacial score (nSPS) is 14.8. The van der Waals surface area contributed by atoms with Crippen LogP contribution in [0.4, 0.5) is 4.39 Å². The zero-order chi connectivity index (χ0) is 14.8. The Morgan fingerprint density at radius 1 is 1.19 bits per heavy atom. The first-order valence-electron chi connectivity index (χ1n) is 6.65. The number of para-hydroxylation sites is 1. The molecular formula is C16H14BrFO3. The van der Waals surface area contributed by atoms with Gasteiger partial charge in [0.25, 0.3) is 0 Å². The molecule has 1 atom stereocenters. The average Bonchev–Trinajstić information content (AvgIpc) is 2.49. The zero-order valence-corrected chi connectivity index (χ0v) is 12.8. The van der Waals surface area contributed by atoms with Gasteiger partial charge in [0.1, 0.15) is 19.0 Å². The van der Waals surface area contributed by atoms with Crippen molar-refractivity contribution in [2.45, 2.75) is 12.5 Å². The summed E-state index contributed by atoms with van der Waals surface area (Å²) in [6.07, 6.45) is -0.385. The lowest BCUT2D eigenvalue weighted by molar-refractivity contribution is 0.146. The fourth-order valence-corrected chi connectivity index (χ4v) is 2.88. The standard InChI is InChI=1S/C16H14BrFO3/c17-13-9-11(18)5-4-10(13)8-14(19)12-2-1-3-15-16(12)21-7-6-20-15/h1-5,9,14,19H,6-8H2. The Kier molecular flexibility index (Phi) is 4.12. The molecule has 0 fully saturated rings. The predicted molar refractivity (Wildman–Crippen MR) is 80.2 cm³/mol. The summed E-state index contributed by atoms with van der Waals surface area (Å²) in [5.41, 5.74) is 1.52. The van der Waals surface area contributed by atoms with Crippen LogP contribution in [-0.2, 0) is 6.42 Å². The Morgan fingerprint density at radius 2 is 2.00 bits per heavy atom. The van der Waals surface area contributed by atoms with Gasteiger partial charge >= 0.3 is 0 Å². The van der Waals surface area contributed by atoms with Crippen molar-refractivity contribution in [2.75, 3.05) is 13.2 Å². The Hall–Kier alpha value is -1.59. The minimum Gasteiger partial charge on any atom is -0.486 e. The van der Waals surface area contributed by atoms with Gasteiger partial charge in [-0.1, -0.05) is 34.1 Å². The average molecular weight is 353 g/mol. The molecular weight excluding hydrogens is 339 g/mol. The molecule has 0 radical (unpaired) electrons. The van der Waals surface area contributed by atoms with Crippen LogP contribution in [0.3, 0.4) is 0 Å². The molecule has 2 aromatic carbocycles. The van der Waals surface area contributed by atoms with Gasteiger partial charge in [-0.3, -0.25) is 0 Å². The Bertz CT molecular complexity index is 660. The Labute approximate surface area is 130 Å². The number of halogens is 2. The minimum absolute atomic E-state index is 0.311. The number of benzene rings is 2. The van der Waals surface area contributed by atoms with Gasteiger partial charge in [-0.05, 0) is 23.8 Å². The molecule has 0 aliphatic carbocycles. The van der Waals surface area contributed by atoms with Gasteiger partial charge in [0.2, 0.25) is 0 Å². The van der Waals surface area contributed by atoms with Gasteiger partial charge < -0.3 is 14.6 Å². The second kappa shape index (κ2) is 6.03. The summed E-state index contributed by atoms with van der Waals surface area (Å²) in [4.78, 5) is 0. The molecule has 1 aliphatic heterocycles. The van der Waals surface area contributed by atoms with Gasteiger partial charge in [-0.15, -0.1) is 0 Å². The number of rotatable bonds is 3. The summed E-state index contributed by atoms with van der Waals surface area (Å²) in [6, 6.07) is 9.89. The minimum atomic E-state index is -0.747. The van der Waals surface area contributed by atoms with Gasteiger partial charge in [0, 0.05) is 16.5 Å².